The maximum atomic E-state index is 6.15. The van der Waals surface area contributed by atoms with E-state index >= 15 is 0 Å². The molecule has 3 aromatic rings. The highest BCUT2D eigenvalue weighted by atomic mass is 16.5. The van der Waals surface area contributed by atoms with Gasteiger partial charge in [-0.2, -0.15) is 0 Å². The molecule has 0 radical (unpaired) electrons. The van der Waals surface area contributed by atoms with E-state index in [2.05, 4.69) is 6.08 Å². The van der Waals surface area contributed by atoms with Crippen LogP contribution in [0, 0.1) is 0 Å². The van der Waals surface area contributed by atoms with Crippen LogP contribution < -0.4 is 14.2 Å². The van der Waals surface area contributed by atoms with Crippen LogP contribution in [0.25, 0.3) is 5.76 Å². The van der Waals surface area contributed by atoms with Gasteiger partial charge in [0.1, 0.15) is 29.6 Å². The Labute approximate surface area is 153 Å². The number of hydrogen-bond donors (Lipinski definition) is 0. The topological polar surface area (TPSA) is 27.7 Å². The quantitative estimate of drug-likeness (QED) is 0.633. The third-order valence-electron chi connectivity index (χ3n) is 4.38. The van der Waals surface area contributed by atoms with Gasteiger partial charge in [0, 0.05) is 29.7 Å². The van der Waals surface area contributed by atoms with Gasteiger partial charge in [-0.3, -0.25) is 0 Å². The summed E-state index contributed by atoms with van der Waals surface area (Å²) in [6, 6.07) is 24.1. The fourth-order valence-electron chi connectivity index (χ4n) is 3.03. The van der Waals surface area contributed by atoms with E-state index in [4.69, 9.17) is 14.2 Å². The van der Waals surface area contributed by atoms with Crippen LogP contribution >= 0.6 is 0 Å². The minimum atomic E-state index is 0.504. The first kappa shape index (κ1) is 16.3. The highest BCUT2D eigenvalue weighted by molar-refractivity contribution is 5.67. The zero-order valence-electron chi connectivity index (χ0n) is 14.6. The van der Waals surface area contributed by atoms with Crippen LogP contribution in [-0.2, 0) is 13.0 Å². The van der Waals surface area contributed by atoms with Crippen molar-refractivity contribution in [3.63, 3.8) is 0 Å². The number of fused-ring (bicyclic) bond motifs is 1. The van der Waals surface area contributed by atoms with E-state index in [1.165, 1.54) is 0 Å². The Morgan fingerprint density at radius 2 is 1.65 bits per heavy atom. The lowest BCUT2D eigenvalue weighted by molar-refractivity contribution is 0.301. The average Bonchev–Trinajstić information content (AvgIpc) is 2.72. The molecule has 0 unspecified atom stereocenters. The number of ether oxygens (including phenoxy) is 3. The molecule has 0 saturated heterocycles. The maximum absolute atomic E-state index is 6.15. The van der Waals surface area contributed by atoms with Gasteiger partial charge in [-0.1, -0.05) is 60.7 Å². The summed E-state index contributed by atoms with van der Waals surface area (Å²) in [5.74, 6) is 3.17. The molecule has 0 bridgehead atoms. The van der Waals surface area contributed by atoms with Crippen molar-refractivity contribution in [2.24, 2.45) is 0 Å². The second-order valence-electron chi connectivity index (χ2n) is 6.12. The standard InChI is InChI=1S/C23H20O3/c1-24-22-14-19(25-16-17-8-4-2-5-9-17)15-23-20(22)12-13-21(26-23)18-10-6-3-7-11-18/h2-11,13-15H,12,16H2,1H3. The molecule has 0 amide bonds. The van der Waals surface area contributed by atoms with Crippen molar-refractivity contribution in [2.45, 2.75) is 13.0 Å². The number of allylic oxidation sites excluding steroid dienone is 1. The molecule has 0 N–H and O–H groups in total. The summed E-state index contributed by atoms with van der Waals surface area (Å²) >= 11 is 0. The van der Waals surface area contributed by atoms with Crippen molar-refractivity contribution in [3.05, 3.63) is 95.6 Å². The normalized spacial score (nSPS) is 12.6. The van der Waals surface area contributed by atoms with E-state index in [1.54, 1.807) is 7.11 Å². The van der Waals surface area contributed by atoms with Gasteiger partial charge in [0.05, 0.1) is 7.11 Å². The van der Waals surface area contributed by atoms with Crippen molar-refractivity contribution < 1.29 is 14.2 Å². The molecule has 1 aliphatic heterocycles. The number of methoxy groups -OCH3 is 1. The molecule has 4 rings (SSSR count). The minimum absolute atomic E-state index is 0.504. The first-order valence-electron chi connectivity index (χ1n) is 8.64. The van der Waals surface area contributed by atoms with Gasteiger partial charge in [0.25, 0.3) is 0 Å². The summed E-state index contributed by atoms with van der Waals surface area (Å²) in [4.78, 5) is 0. The molecule has 0 atom stereocenters. The van der Waals surface area contributed by atoms with Crippen LogP contribution in [0.2, 0.25) is 0 Å². The van der Waals surface area contributed by atoms with E-state index < -0.39 is 0 Å². The van der Waals surface area contributed by atoms with Crippen molar-refractivity contribution in [2.75, 3.05) is 7.11 Å². The van der Waals surface area contributed by atoms with E-state index in [0.29, 0.717) is 6.61 Å². The summed E-state index contributed by atoms with van der Waals surface area (Å²) in [7, 11) is 1.67. The Bertz CT molecular complexity index is 915. The number of rotatable bonds is 5. The van der Waals surface area contributed by atoms with Crippen LogP contribution in [0.15, 0.2) is 78.9 Å². The fraction of sp³-hybridized carbons (Fsp3) is 0.130. The van der Waals surface area contributed by atoms with Gasteiger partial charge in [0.2, 0.25) is 0 Å². The Morgan fingerprint density at radius 1 is 0.923 bits per heavy atom. The van der Waals surface area contributed by atoms with Gasteiger partial charge in [-0.25, -0.2) is 0 Å². The summed E-state index contributed by atoms with van der Waals surface area (Å²) < 4.78 is 17.7. The number of hydrogen-bond acceptors (Lipinski definition) is 3. The van der Waals surface area contributed by atoms with Crippen molar-refractivity contribution in [1.29, 1.82) is 0 Å². The lowest BCUT2D eigenvalue weighted by atomic mass is 10.0. The van der Waals surface area contributed by atoms with Gasteiger partial charge >= 0.3 is 0 Å². The molecule has 0 aliphatic carbocycles. The molecule has 3 aromatic carbocycles. The highest BCUT2D eigenvalue weighted by Gasteiger charge is 2.19. The molecule has 1 heterocycles. The lowest BCUT2D eigenvalue weighted by Crippen LogP contribution is -2.06. The average molecular weight is 344 g/mol. The molecule has 0 spiro atoms. The molecule has 26 heavy (non-hydrogen) atoms. The van der Waals surface area contributed by atoms with Crippen LogP contribution in [0.1, 0.15) is 16.7 Å². The molecular formula is C23H20O3. The van der Waals surface area contributed by atoms with Crippen molar-refractivity contribution in [1.82, 2.24) is 0 Å². The summed E-state index contributed by atoms with van der Waals surface area (Å²) in [6.07, 6.45) is 2.85. The van der Waals surface area contributed by atoms with Crippen LogP contribution in [0.3, 0.4) is 0 Å². The summed E-state index contributed by atoms with van der Waals surface area (Å²) in [5.41, 5.74) is 3.22. The minimum Gasteiger partial charge on any atom is -0.496 e. The Kier molecular flexibility index (Phi) is 4.61. The van der Waals surface area contributed by atoms with Crippen LogP contribution in [-0.4, -0.2) is 7.11 Å². The van der Waals surface area contributed by atoms with Crippen LogP contribution in [0.5, 0.6) is 17.2 Å². The zero-order valence-corrected chi connectivity index (χ0v) is 14.6. The van der Waals surface area contributed by atoms with Gasteiger partial charge in [-0.05, 0) is 11.6 Å². The maximum Gasteiger partial charge on any atom is 0.138 e. The Hall–Kier alpha value is -3.20. The van der Waals surface area contributed by atoms with Crippen LogP contribution in [0.4, 0.5) is 0 Å². The van der Waals surface area contributed by atoms with E-state index in [-0.39, 0.29) is 0 Å². The first-order valence-corrected chi connectivity index (χ1v) is 8.64. The molecule has 0 aromatic heterocycles. The van der Waals surface area contributed by atoms with Gasteiger partial charge in [-0.15, -0.1) is 0 Å². The fourth-order valence-corrected chi connectivity index (χ4v) is 3.03. The second-order valence-corrected chi connectivity index (χ2v) is 6.12. The van der Waals surface area contributed by atoms with Gasteiger partial charge in [0.15, 0.2) is 0 Å². The van der Waals surface area contributed by atoms with E-state index in [1.807, 2.05) is 72.8 Å². The largest absolute Gasteiger partial charge is 0.496 e. The molecular weight excluding hydrogens is 324 g/mol. The van der Waals surface area contributed by atoms with Crippen molar-refractivity contribution in [3.8, 4) is 17.2 Å². The summed E-state index contributed by atoms with van der Waals surface area (Å²) in [6.45, 7) is 0.504. The summed E-state index contributed by atoms with van der Waals surface area (Å²) in [5, 5.41) is 0. The molecule has 0 fully saturated rings. The molecule has 130 valence electrons. The molecule has 3 nitrogen and oxygen atoms in total. The number of benzene rings is 3. The second kappa shape index (κ2) is 7.36. The molecule has 1 aliphatic rings. The zero-order chi connectivity index (χ0) is 17.8. The highest BCUT2D eigenvalue weighted by Crippen LogP contribution is 2.40. The van der Waals surface area contributed by atoms with E-state index in [0.717, 1.165) is 46.1 Å². The predicted octanol–water partition coefficient (Wildman–Crippen LogP) is 5.25. The Morgan fingerprint density at radius 3 is 2.38 bits per heavy atom. The predicted molar refractivity (Wildman–Crippen MR) is 103 cm³/mol. The molecule has 3 heteroatoms. The smallest absolute Gasteiger partial charge is 0.138 e. The monoisotopic (exact) mass is 344 g/mol. The van der Waals surface area contributed by atoms with E-state index in [9.17, 15) is 0 Å². The lowest BCUT2D eigenvalue weighted by Gasteiger charge is -2.21. The van der Waals surface area contributed by atoms with Gasteiger partial charge < -0.3 is 14.2 Å². The Balaban J connectivity index is 1.58. The van der Waals surface area contributed by atoms with Crippen molar-refractivity contribution >= 4 is 5.76 Å². The first-order chi connectivity index (χ1) is 12.8. The third kappa shape index (κ3) is 3.42. The molecule has 0 saturated carbocycles. The SMILES string of the molecule is COc1cc(OCc2ccccc2)cc2c1CC=C(c1ccccc1)O2. The third-order valence-corrected chi connectivity index (χ3v) is 4.38.